The van der Waals surface area contributed by atoms with E-state index in [1.807, 2.05) is 0 Å². The zero-order valence-corrected chi connectivity index (χ0v) is 13.0. The van der Waals surface area contributed by atoms with E-state index in [9.17, 15) is 14.0 Å². The Labute approximate surface area is 125 Å². The van der Waals surface area contributed by atoms with E-state index in [0.717, 1.165) is 12.5 Å². The summed E-state index contributed by atoms with van der Waals surface area (Å²) in [6, 6.07) is 3.63. The zero-order chi connectivity index (χ0) is 15.1. The highest BCUT2D eigenvalue weighted by Crippen LogP contribution is 2.18. The van der Waals surface area contributed by atoms with Gasteiger partial charge in [0.25, 0.3) is 5.91 Å². The van der Waals surface area contributed by atoms with Crippen LogP contribution in [-0.4, -0.2) is 25.0 Å². The van der Waals surface area contributed by atoms with Gasteiger partial charge in [-0.25, -0.2) is 9.18 Å². The van der Waals surface area contributed by atoms with Crippen LogP contribution in [0.1, 0.15) is 30.6 Å². The molecule has 1 aromatic rings. The molecule has 0 radical (unpaired) electrons. The molecule has 0 aromatic heterocycles. The van der Waals surface area contributed by atoms with Gasteiger partial charge in [0.15, 0.2) is 6.61 Å². The molecule has 0 unspecified atom stereocenters. The lowest BCUT2D eigenvalue weighted by molar-refractivity contribution is -0.124. The molecule has 0 atom stereocenters. The SMILES string of the molecule is CC(C)CCNC(=O)COC(=O)c1ccc(F)cc1Br. The van der Waals surface area contributed by atoms with Crippen molar-refractivity contribution in [2.75, 3.05) is 13.2 Å². The summed E-state index contributed by atoms with van der Waals surface area (Å²) in [6.45, 7) is 4.31. The van der Waals surface area contributed by atoms with E-state index in [2.05, 4.69) is 35.1 Å². The maximum Gasteiger partial charge on any atom is 0.339 e. The Balaban J connectivity index is 2.41. The summed E-state index contributed by atoms with van der Waals surface area (Å²) >= 11 is 3.07. The van der Waals surface area contributed by atoms with Crippen LogP contribution in [0.4, 0.5) is 4.39 Å². The molecule has 20 heavy (non-hydrogen) atoms. The number of carbonyl (C=O) groups is 2. The van der Waals surface area contributed by atoms with Gasteiger partial charge in [0.05, 0.1) is 5.56 Å². The third kappa shape index (κ3) is 5.69. The number of hydrogen-bond donors (Lipinski definition) is 1. The van der Waals surface area contributed by atoms with E-state index in [0.29, 0.717) is 16.9 Å². The molecule has 1 aromatic carbocycles. The van der Waals surface area contributed by atoms with Gasteiger partial charge in [0, 0.05) is 11.0 Å². The summed E-state index contributed by atoms with van der Waals surface area (Å²) in [7, 11) is 0. The van der Waals surface area contributed by atoms with Gasteiger partial charge in [-0.15, -0.1) is 0 Å². The lowest BCUT2D eigenvalue weighted by Gasteiger charge is -2.08. The van der Waals surface area contributed by atoms with Gasteiger partial charge >= 0.3 is 5.97 Å². The minimum absolute atomic E-state index is 0.182. The van der Waals surface area contributed by atoms with Crippen molar-refractivity contribution in [1.29, 1.82) is 0 Å². The summed E-state index contributed by atoms with van der Waals surface area (Å²) in [5.41, 5.74) is 0.182. The summed E-state index contributed by atoms with van der Waals surface area (Å²) in [4.78, 5) is 23.1. The van der Waals surface area contributed by atoms with Gasteiger partial charge in [-0.3, -0.25) is 4.79 Å². The summed E-state index contributed by atoms with van der Waals surface area (Å²) in [6.07, 6.45) is 0.864. The first-order valence-corrected chi connectivity index (χ1v) is 7.08. The molecule has 1 N–H and O–H groups in total. The largest absolute Gasteiger partial charge is 0.452 e. The van der Waals surface area contributed by atoms with E-state index in [1.165, 1.54) is 12.1 Å². The van der Waals surface area contributed by atoms with Gasteiger partial charge in [-0.2, -0.15) is 0 Å². The van der Waals surface area contributed by atoms with Gasteiger partial charge in [0.2, 0.25) is 0 Å². The molecule has 1 amide bonds. The smallest absolute Gasteiger partial charge is 0.339 e. The Bertz CT molecular complexity index is 491. The first kappa shape index (κ1) is 16.6. The van der Waals surface area contributed by atoms with E-state index >= 15 is 0 Å². The molecule has 0 heterocycles. The van der Waals surface area contributed by atoms with Crippen LogP contribution < -0.4 is 5.32 Å². The predicted octanol–water partition coefficient (Wildman–Crippen LogP) is 2.91. The second kappa shape index (κ2) is 7.99. The molecule has 0 aliphatic carbocycles. The number of benzene rings is 1. The van der Waals surface area contributed by atoms with Crippen molar-refractivity contribution in [2.24, 2.45) is 5.92 Å². The fourth-order valence-electron chi connectivity index (χ4n) is 1.42. The highest BCUT2D eigenvalue weighted by Gasteiger charge is 2.13. The maximum absolute atomic E-state index is 12.9. The van der Waals surface area contributed by atoms with E-state index < -0.39 is 11.8 Å². The third-order valence-electron chi connectivity index (χ3n) is 2.53. The standard InChI is InChI=1S/C14H17BrFNO3/c1-9(2)5-6-17-13(18)8-20-14(19)11-4-3-10(16)7-12(11)15/h3-4,7,9H,5-6,8H2,1-2H3,(H,17,18). The van der Waals surface area contributed by atoms with Crippen molar-refractivity contribution in [2.45, 2.75) is 20.3 Å². The second-order valence-corrected chi connectivity index (χ2v) is 5.59. The van der Waals surface area contributed by atoms with E-state index in [1.54, 1.807) is 0 Å². The number of hydrogen-bond acceptors (Lipinski definition) is 3. The fourth-order valence-corrected chi connectivity index (χ4v) is 1.93. The molecule has 0 aliphatic heterocycles. The average molecular weight is 346 g/mol. The molecule has 0 saturated carbocycles. The third-order valence-corrected chi connectivity index (χ3v) is 3.19. The first-order valence-electron chi connectivity index (χ1n) is 6.29. The topological polar surface area (TPSA) is 55.4 Å². The molecular weight excluding hydrogens is 329 g/mol. The Hall–Kier alpha value is -1.43. The molecule has 4 nitrogen and oxygen atoms in total. The number of esters is 1. The molecule has 0 bridgehead atoms. The molecule has 0 aliphatic rings. The number of rotatable bonds is 6. The van der Waals surface area contributed by atoms with Crippen molar-refractivity contribution in [3.05, 3.63) is 34.1 Å². The highest BCUT2D eigenvalue weighted by molar-refractivity contribution is 9.10. The Morgan fingerprint density at radius 1 is 1.40 bits per heavy atom. The maximum atomic E-state index is 12.9. The number of halogens is 2. The molecule has 1 rings (SSSR count). The second-order valence-electron chi connectivity index (χ2n) is 4.73. The lowest BCUT2D eigenvalue weighted by atomic mass is 10.1. The lowest BCUT2D eigenvalue weighted by Crippen LogP contribution is -2.30. The highest BCUT2D eigenvalue weighted by atomic mass is 79.9. The van der Waals surface area contributed by atoms with Gasteiger partial charge in [-0.05, 0) is 46.5 Å². The van der Waals surface area contributed by atoms with Crippen LogP contribution in [0, 0.1) is 11.7 Å². The minimum Gasteiger partial charge on any atom is -0.452 e. The summed E-state index contributed by atoms with van der Waals surface area (Å²) < 4.78 is 18.0. The Morgan fingerprint density at radius 3 is 2.70 bits per heavy atom. The van der Waals surface area contributed by atoms with Gasteiger partial charge < -0.3 is 10.1 Å². The Morgan fingerprint density at radius 2 is 2.10 bits per heavy atom. The van der Waals surface area contributed by atoms with Crippen LogP contribution in [0.2, 0.25) is 0 Å². The molecule has 110 valence electrons. The van der Waals surface area contributed by atoms with E-state index in [-0.39, 0.29) is 18.1 Å². The van der Waals surface area contributed by atoms with Gasteiger partial charge in [-0.1, -0.05) is 13.8 Å². The van der Waals surface area contributed by atoms with Crippen LogP contribution >= 0.6 is 15.9 Å². The van der Waals surface area contributed by atoms with Crippen LogP contribution in [0.15, 0.2) is 22.7 Å². The van der Waals surface area contributed by atoms with Crippen molar-refractivity contribution >= 4 is 27.8 Å². The fraction of sp³-hybridized carbons (Fsp3) is 0.429. The normalized spacial score (nSPS) is 10.4. The van der Waals surface area contributed by atoms with Crippen molar-refractivity contribution < 1.29 is 18.7 Å². The summed E-state index contributed by atoms with van der Waals surface area (Å²) in [5.74, 6) is -0.985. The predicted molar refractivity (Wildman–Crippen MR) is 76.8 cm³/mol. The minimum atomic E-state index is -0.670. The Kier molecular flexibility index (Phi) is 6.64. The number of nitrogens with one attached hydrogen (secondary N) is 1. The van der Waals surface area contributed by atoms with E-state index in [4.69, 9.17) is 4.74 Å². The van der Waals surface area contributed by atoms with Crippen LogP contribution in [0.25, 0.3) is 0 Å². The average Bonchev–Trinajstić information content (AvgIpc) is 2.35. The number of amides is 1. The molecule has 0 saturated heterocycles. The molecule has 0 fully saturated rings. The quantitative estimate of drug-likeness (QED) is 0.806. The monoisotopic (exact) mass is 345 g/mol. The van der Waals surface area contributed by atoms with Crippen molar-refractivity contribution in [1.82, 2.24) is 5.32 Å². The first-order chi connectivity index (χ1) is 9.40. The van der Waals surface area contributed by atoms with Crippen LogP contribution in [-0.2, 0) is 9.53 Å². The van der Waals surface area contributed by atoms with Crippen molar-refractivity contribution in [3.8, 4) is 0 Å². The number of carbonyl (C=O) groups excluding carboxylic acids is 2. The van der Waals surface area contributed by atoms with Crippen LogP contribution in [0.3, 0.4) is 0 Å². The number of ether oxygens (including phenoxy) is 1. The van der Waals surface area contributed by atoms with Gasteiger partial charge in [0.1, 0.15) is 5.82 Å². The molecule has 6 heteroatoms. The molecule has 0 spiro atoms. The zero-order valence-electron chi connectivity index (χ0n) is 11.4. The van der Waals surface area contributed by atoms with Crippen molar-refractivity contribution in [3.63, 3.8) is 0 Å². The summed E-state index contributed by atoms with van der Waals surface area (Å²) in [5, 5.41) is 2.66. The molecular formula is C14H17BrFNO3. The van der Waals surface area contributed by atoms with Crippen LogP contribution in [0.5, 0.6) is 0 Å².